The van der Waals surface area contributed by atoms with Gasteiger partial charge in [-0.2, -0.15) is 0 Å². The molecule has 1 aliphatic rings. The van der Waals surface area contributed by atoms with Crippen LogP contribution in [0.5, 0.6) is 0 Å². The zero-order chi connectivity index (χ0) is 15.6. The van der Waals surface area contributed by atoms with E-state index in [0.29, 0.717) is 12.8 Å². The first-order valence-corrected chi connectivity index (χ1v) is 7.66. The molecule has 1 aromatic carbocycles. The highest BCUT2D eigenvalue weighted by Gasteiger charge is 2.35. The van der Waals surface area contributed by atoms with Crippen LogP contribution in [-0.2, 0) is 14.8 Å². The lowest BCUT2D eigenvalue weighted by Crippen LogP contribution is -2.47. The summed E-state index contributed by atoms with van der Waals surface area (Å²) < 4.78 is 32.0. The molecule has 9 nitrogen and oxygen atoms in total. The Balaban J connectivity index is 2.25. The molecule has 0 atom stereocenters. The van der Waals surface area contributed by atoms with Crippen LogP contribution in [0.25, 0.3) is 0 Å². The molecule has 0 heterocycles. The number of nitro benzene ring substituents is 1. The Hall–Kier alpha value is -1.75. The molecule has 0 spiro atoms. The monoisotopic (exact) mass is 316 g/mol. The summed E-state index contributed by atoms with van der Waals surface area (Å²) in [6.45, 7) is 0. The van der Waals surface area contributed by atoms with Crippen LogP contribution in [0.4, 0.5) is 11.4 Å². The van der Waals surface area contributed by atoms with Crippen LogP contribution in [0.1, 0.15) is 12.8 Å². The number of nitrogen functional groups attached to an aromatic ring is 1. The fourth-order valence-corrected chi connectivity index (χ4v) is 3.53. The lowest BCUT2D eigenvalue weighted by atomic mass is 9.90. The number of hydrogen-bond acceptors (Lipinski definition) is 7. The molecule has 0 aromatic heterocycles. The molecule has 0 radical (unpaired) electrons. The van der Waals surface area contributed by atoms with Gasteiger partial charge >= 0.3 is 0 Å². The van der Waals surface area contributed by atoms with Gasteiger partial charge in [0.1, 0.15) is 0 Å². The summed E-state index contributed by atoms with van der Waals surface area (Å²) in [6.07, 6.45) is 1.12. The molecule has 21 heavy (non-hydrogen) atoms. The van der Waals surface area contributed by atoms with Gasteiger partial charge in [0.2, 0.25) is 10.0 Å². The Labute approximate surface area is 121 Å². The molecule has 0 amide bonds. The zero-order valence-electron chi connectivity index (χ0n) is 11.3. The number of rotatable bonds is 6. The zero-order valence-corrected chi connectivity index (χ0v) is 12.1. The van der Waals surface area contributed by atoms with Crippen molar-refractivity contribution < 1.29 is 18.1 Å². The van der Waals surface area contributed by atoms with Crippen molar-refractivity contribution in [3.63, 3.8) is 0 Å². The SMILES string of the molecule is COC1CC(NS(=O)(=O)c2ccc(NN)cc2[N+](=O)[O-])C1. The first kappa shape index (κ1) is 15.6. The van der Waals surface area contributed by atoms with Crippen LogP contribution in [0.2, 0.25) is 0 Å². The van der Waals surface area contributed by atoms with Crippen molar-refractivity contribution in [3.8, 4) is 0 Å². The Kier molecular flexibility index (Phi) is 4.42. The standard InChI is InChI=1S/C11H16N4O5S/c1-20-9-4-8(5-9)14-21(18,19)11-3-2-7(13-12)6-10(11)15(16)17/h2-3,6,8-9,13-14H,4-5,12H2,1H3. The third kappa shape index (κ3) is 3.29. The highest BCUT2D eigenvalue weighted by molar-refractivity contribution is 7.89. The fraction of sp³-hybridized carbons (Fsp3) is 0.455. The second-order valence-electron chi connectivity index (χ2n) is 4.73. The van der Waals surface area contributed by atoms with E-state index in [0.717, 1.165) is 12.1 Å². The van der Waals surface area contributed by atoms with Gasteiger partial charge in [-0.25, -0.2) is 13.1 Å². The number of nitrogens with zero attached hydrogens (tertiary/aromatic N) is 1. The third-order valence-electron chi connectivity index (χ3n) is 3.36. The predicted molar refractivity (Wildman–Crippen MR) is 75.0 cm³/mol. The third-order valence-corrected chi connectivity index (χ3v) is 4.93. The second kappa shape index (κ2) is 5.93. The van der Waals surface area contributed by atoms with Crippen molar-refractivity contribution >= 4 is 21.4 Å². The Morgan fingerprint density at radius 3 is 2.62 bits per heavy atom. The number of anilines is 1. The molecule has 4 N–H and O–H groups in total. The van der Waals surface area contributed by atoms with Crippen LogP contribution < -0.4 is 16.0 Å². The highest BCUT2D eigenvalue weighted by atomic mass is 32.2. The summed E-state index contributed by atoms with van der Waals surface area (Å²) >= 11 is 0. The number of sulfonamides is 1. The molecule has 1 saturated carbocycles. The topological polar surface area (TPSA) is 137 Å². The van der Waals surface area contributed by atoms with E-state index in [1.54, 1.807) is 7.11 Å². The lowest BCUT2D eigenvalue weighted by Gasteiger charge is -2.34. The number of hydrazine groups is 1. The maximum atomic E-state index is 12.2. The van der Waals surface area contributed by atoms with Gasteiger partial charge in [-0.3, -0.25) is 16.0 Å². The highest BCUT2D eigenvalue weighted by Crippen LogP contribution is 2.29. The van der Waals surface area contributed by atoms with Crippen molar-refractivity contribution in [1.29, 1.82) is 0 Å². The van der Waals surface area contributed by atoms with Gasteiger partial charge in [-0.15, -0.1) is 0 Å². The van der Waals surface area contributed by atoms with Crippen molar-refractivity contribution in [3.05, 3.63) is 28.3 Å². The molecule has 2 rings (SSSR count). The van der Waals surface area contributed by atoms with Gasteiger partial charge in [0.15, 0.2) is 4.90 Å². The molecule has 1 fully saturated rings. The van der Waals surface area contributed by atoms with E-state index in [9.17, 15) is 18.5 Å². The number of nitrogens with one attached hydrogen (secondary N) is 2. The normalized spacial score (nSPS) is 21.6. The second-order valence-corrected chi connectivity index (χ2v) is 6.41. The Bertz CT molecular complexity index is 642. The van der Waals surface area contributed by atoms with Crippen LogP contribution in [0, 0.1) is 10.1 Å². The summed E-state index contributed by atoms with van der Waals surface area (Å²) in [7, 11) is -2.41. The van der Waals surface area contributed by atoms with E-state index in [1.165, 1.54) is 6.07 Å². The molecule has 10 heteroatoms. The van der Waals surface area contributed by atoms with Crippen LogP contribution in [0.3, 0.4) is 0 Å². The quantitative estimate of drug-likeness (QED) is 0.391. The van der Waals surface area contributed by atoms with Crippen molar-refractivity contribution in [2.75, 3.05) is 12.5 Å². The van der Waals surface area contributed by atoms with E-state index in [2.05, 4.69) is 10.1 Å². The molecule has 0 saturated heterocycles. The first-order chi connectivity index (χ1) is 9.87. The van der Waals surface area contributed by atoms with E-state index in [1.807, 2.05) is 0 Å². The van der Waals surface area contributed by atoms with Crippen molar-refractivity contribution in [2.24, 2.45) is 5.84 Å². The maximum absolute atomic E-state index is 12.2. The molecular weight excluding hydrogens is 300 g/mol. The molecule has 0 bridgehead atoms. The summed E-state index contributed by atoms with van der Waals surface area (Å²) in [5.41, 5.74) is 1.97. The minimum absolute atomic E-state index is 0.0245. The van der Waals surface area contributed by atoms with Gasteiger partial charge in [0, 0.05) is 19.2 Å². The summed E-state index contributed by atoms with van der Waals surface area (Å²) in [5, 5.41) is 11.0. The number of nitro groups is 1. The fourth-order valence-electron chi connectivity index (χ4n) is 2.11. The smallest absolute Gasteiger partial charge is 0.291 e. The molecule has 0 unspecified atom stereocenters. The number of benzene rings is 1. The Morgan fingerprint density at radius 1 is 1.43 bits per heavy atom. The van der Waals surface area contributed by atoms with Gasteiger partial charge in [-0.1, -0.05) is 0 Å². The average Bonchev–Trinajstić information content (AvgIpc) is 2.41. The molecule has 1 aromatic rings. The summed E-state index contributed by atoms with van der Waals surface area (Å²) in [6, 6.07) is 3.32. The maximum Gasteiger partial charge on any atom is 0.291 e. The van der Waals surface area contributed by atoms with E-state index < -0.39 is 20.6 Å². The van der Waals surface area contributed by atoms with E-state index in [-0.39, 0.29) is 22.7 Å². The Morgan fingerprint density at radius 2 is 2.10 bits per heavy atom. The lowest BCUT2D eigenvalue weighted by molar-refractivity contribution is -0.387. The molecule has 0 aliphatic heterocycles. The number of nitrogens with two attached hydrogens (primary N) is 1. The largest absolute Gasteiger partial charge is 0.381 e. The minimum atomic E-state index is -3.97. The molecule has 116 valence electrons. The van der Waals surface area contributed by atoms with Gasteiger partial charge in [0.05, 0.1) is 16.7 Å². The number of methoxy groups -OCH3 is 1. The van der Waals surface area contributed by atoms with Crippen LogP contribution in [0.15, 0.2) is 23.1 Å². The van der Waals surface area contributed by atoms with Crippen molar-refractivity contribution in [2.45, 2.75) is 29.9 Å². The molecular formula is C11H16N4O5S. The minimum Gasteiger partial charge on any atom is -0.381 e. The van der Waals surface area contributed by atoms with Gasteiger partial charge < -0.3 is 10.2 Å². The molecule has 1 aliphatic carbocycles. The number of hydrogen-bond donors (Lipinski definition) is 3. The average molecular weight is 316 g/mol. The van der Waals surface area contributed by atoms with Gasteiger partial charge in [-0.05, 0) is 25.0 Å². The van der Waals surface area contributed by atoms with Gasteiger partial charge in [0.25, 0.3) is 5.69 Å². The summed E-state index contributed by atoms with van der Waals surface area (Å²) in [5.74, 6) is 5.17. The predicted octanol–water partition coefficient (Wildman–Crippen LogP) is 0.336. The first-order valence-electron chi connectivity index (χ1n) is 6.17. The van der Waals surface area contributed by atoms with Crippen LogP contribution >= 0.6 is 0 Å². The van der Waals surface area contributed by atoms with Crippen LogP contribution in [-0.4, -0.2) is 32.6 Å². The van der Waals surface area contributed by atoms with E-state index in [4.69, 9.17) is 10.6 Å². The van der Waals surface area contributed by atoms with E-state index >= 15 is 0 Å². The van der Waals surface area contributed by atoms with Crippen molar-refractivity contribution in [1.82, 2.24) is 4.72 Å². The number of ether oxygens (including phenoxy) is 1. The summed E-state index contributed by atoms with van der Waals surface area (Å²) in [4.78, 5) is 9.89.